The van der Waals surface area contributed by atoms with Gasteiger partial charge in [0.2, 0.25) is 5.43 Å². The molecule has 180 valence electrons. The van der Waals surface area contributed by atoms with E-state index in [4.69, 9.17) is 5.11 Å². The van der Waals surface area contributed by atoms with Crippen LogP contribution >= 0.6 is 9.24 Å². The Kier molecular flexibility index (Phi) is 8.47. The van der Waals surface area contributed by atoms with Gasteiger partial charge in [0.15, 0.2) is 11.4 Å². The number of carbonyl (C=O) groups excluding carboxylic acids is 1. The van der Waals surface area contributed by atoms with Gasteiger partial charge in [0.25, 0.3) is 5.91 Å². The Balaban J connectivity index is 1.91. The summed E-state index contributed by atoms with van der Waals surface area (Å²) in [6.45, 7) is 1.79. The van der Waals surface area contributed by atoms with E-state index in [1.54, 1.807) is 24.3 Å². The molecule has 0 saturated heterocycles. The summed E-state index contributed by atoms with van der Waals surface area (Å²) in [4.78, 5) is 26.7. The van der Waals surface area contributed by atoms with Crippen molar-refractivity contribution in [2.24, 2.45) is 0 Å². The van der Waals surface area contributed by atoms with Crippen LogP contribution in [0.4, 0.5) is 8.78 Å². The highest BCUT2D eigenvalue weighted by Gasteiger charge is 2.25. The first-order valence-electron chi connectivity index (χ1n) is 10.8. The Bertz CT molecular complexity index is 1220. The van der Waals surface area contributed by atoms with Crippen molar-refractivity contribution in [3.05, 3.63) is 86.8 Å². The second kappa shape index (κ2) is 11.3. The number of aromatic nitrogens is 2. The number of rotatable bonds is 9. The van der Waals surface area contributed by atoms with E-state index >= 15 is 0 Å². The molecule has 1 amide bonds. The molecular weight excluding hydrogens is 463 g/mol. The van der Waals surface area contributed by atoms with Crippen LogP contribution in [0.3, 0.4) is 0 Å². The van der Waals surface area contributed by atoms with E-state index < -0.39 is 23.7 Å². The smallest absolute Gasteiger partial charge is 0.275 e. The van der Waals surface area contributed by atoms with Gasteiger partial charge < -0.3 is 15.1 Å². The van der Waals surface area contributed by atoms with Crippen molar-refractivity contribution >= 4 is 20.5 Å². The normalized spacial score (nSPS) is 11.9. The summed E-state index contributed by atoms with van der Waals surface area (Å²) >= 11 is 0. The third-order valence-electron chi connectivity index (χ3n) is 5.54. The molecule has 3 N–H and O–H groups in total. The van der Waals surface area contributed by atoms with Crippen LogP contribution in [0.25, 0.3) is 0 Å². The highest BCUT2D eigenvalue weighted by Crippen LogP contribution is 2.29. The SMILES string of the molecule is CCCN(CCC(c1ccc(F)cc1)c1ccc(F)c(P)c1)C(=O)c1[nH]nc(CO)c(=O)c1O. The van der Waals surface area contributed by atoms with Gasteiger partial charge in [-0.25, -0.2) is 8.78 Å². The predicted octanol–water partition coefficient (Wildman–Crippen LogP) is 2.82. The van der Waals surface area contributed by atoms with Crippen molar-refractivity contribution < 1.29 is 23.8 Å². The van der Waals surface area contributed by atoms with Crippen LogP contribution in [0.15, 0.2) is 47.3 Å². The number of amides is 1. The van der Waals surface area contributed by atoms with Crippen molar-refractivity contribution in [3.63, 3.8) is 0 Å². The first-order valence-corrected chi connectivity index (χ1v) is 11.4. The lowest BCUT2D eigenvalue weighted by Gasteiger charge is -2.26. The molecule has 1 aromatic heterocycles. The van der Waals surface area contributed by atoms with Crippen LogP contribution < -0.4 is 10.7 Å². The summed E-state index contributed by atoms with van der Waals surface area (Å²) in [6, 6.07) is 10.7. The van der Waals surface area contributed by atoms with Crippen LogP contribution in [-0.4, -0.2) is 44.3 Å². The standard InChI is InChI=1S/C24H26F2N3O4P/c1-2-10-29(24(33)21-23(32)22(31)19(13-30)27-28-21)11-9-17(14-3-6-16(25)7-4-14)15-5-8-18(26)20(34)12-15/h3-8,12,17,30H,2,9-11,13,34H2,1H3,(H,27,32)(H,28,31). The highest BCUT2D eigenvalue weighted by molar-refractivity contribution is 7.27. The van der Waals surface area contributed by atoms with E-state index in [9.17, 15) is 23.5 Å². The zero-order valence-electron chi connectivity index (χ0n) is 18.6. The predicted molar refractivity (Wildman–Crippen MR) is 127 cm³/mol. The molecular formula is C24H26F2N3O4P. The molecule has 10 heteroatoms. The van der Waals surface area contributed by atoms with Gasteiger partial charge in [-0.3, -0.25) is 14.7 Å². The minimum absolute atomic E-state index is 0.238. The van der Waals surface area contributed by atoms with E-state index in [1.165, 1.54) is 23.1 Å². The summed E-state index contributed by atoms with van der Waals surface area (Å²) in [7, 11) is 2.34. The number of H-pyrrole nitrogens is 1. The molecule has 0 saturated carbocycles. The van der Waals surface area contributed by atoms with Crippen molar-refractivity contribution in [2.45, 2.75) is 32.3 Å². The largest absolute Gasteiger partial charge is 0.502 e. The molecule has 7 nitrogen and oxygen atoms in total. The summed E-state index contributed by atoms with van der Waals surface area (Å²) in [5.41, 5.74) is 0.0307. The Hall–Kier alpha value is -3.16. The van der Waals surface area contributed by atoms with Crippen LogP contribution in [0.1, 0.15) is 53.0 Å². The summed E-state index contributed by atoms with van der Waals surface area (Å²) in [5, 5.41) is 25.8. The molecule has 0 spiro atoms. The molecule has 3 rings (SSSR count). The van der Waals surface area contributed by atoms with E-state index in [0.29, 0.717) is 24.7 Å². The molecule has 0 bridgehead atoms. The van der Waals surface area contributed by atoms with Gasteiger partial charge in [-0.05, 0) is 48.2 Å². The van der Waals surface area contributed by atoms with E-state index in [-0.39, 0.29) is 35.5 Å². The molecule has 1 heterocycles. The Morgan fingerprint density at radius 3 is 2.44 bits per heavy atom. The van der Waals surface area contributed by atoms with Crippen molar-refractivity contribution in [1.29, 1.82) is 0 Å². The summed E-state index contributed by atoms with van der Waals surface area (Å²) in [5.74, 6) is -2.43. The molecule has 3 aromatic rings. The number of halogens is 2. The molecule has 2 atom stereocenters. The van der Waals surface area contributed by atoms with Gasteiger partial charge in [-0.15, -0.1) is 9.24 Å². The lowest BCUT2D eigenvalue weighted by atomic mass is 9.88. The zero-order chi connectivity index (χ0) is 24.8. The van der Waals surface area contributed by atoms with Crippen molar-refractivity contribution in [2.75, 3.05) is 13.1 Å². The number of nitrogens with one attached hydrogen (secondary N) is 1. The highest BCUT2D eigenvalue weighted by atomic mass is 31.0. The number of aromatic amines is 1. The van der Waals surface area contributed by atoms with Crippen LogP contribution in [0.5, 0.6) is 5.75 Å². The maximum absolute atomic E-state index is 13.9. The van der Waals surface area contributed by atoms with E-state index in [1.807, 2.05) is 6.92 Å². The van der Waals surface area contributed by atoms with Crippen LogP contribution in [0.2, 0.25) is 0 Å². The number of carbonyl (C=O) groups is 1. The second-order valence-electron chi connectivity index (χ2n) is 7.85. The first-order chi connectivity index (χ1) is 16.3. The van der Waals surface area contributed by atoms with Crippen LogP contribution in [-0.2, 0) is 6.61 Å². The van der Waals surface area contributed by atoms with Gasteiger partial charge >= 0.3 is 0 Å². The van der Waals surface area contributed by atoms with E-state index in [2.05, 4.69) is 19.4 Å². The number of aliphatic hydroxyl groups excluding tert-OH is 1. The maximum atomic E-state index is 13.9. The average Bonchev–Trinajstić information content (AvgIpc) is 2.83. The first kappa shape index (κ1) is 25.5. The fourth-order valence-electron chi connectivity index (χ4n) is 3.76. The number of aliphatic hydroxyl groups is 1. The fourth-order valence-corrected chi connectivity index (χ4v) is 4.05. The van der Waals surface area contributed by atoms with Crippen molar-refractivity contribution in [1.82, 2.24) is 15.1 Å². The van der Waals surface area contributed by atoms with Gasteiger partial charge in [-0.1, -0.05) is 25.1 Å². The molecule has 0 aliphatic carbocycles. The molecule has 0 aliphatic rings. The second-order valence-corrected chi connectivity index (χ2v) is 8.47. The number of aromatic hydroxyl groups is 1. The summed E-state index contributed by atoms with van der Waals surface area (Å²) < 4.78 is 27.4. The van der Waals surface area contributed by atoms with E-state index in [0.717, 1.165) is 11.1 Å². The van der Waals surface area contributed by atoms with Gasteiger partial charge in [-0.2, -0.15) is 5.10 Å². The molecule has 2 unspecified atom stereocenters. The molecule has 2 aromatic carbocycles. The molecule has 0 radical (unpaired) electrons. The Labute approximate surface area is 197 Å². The molecule has 0 fully saturated rings. The minimum atomic E-state index is -0.912. The average molecular weight is 489 g/mol. The topological polar surface area (TPSA) is 107 Å². The summed E-state index contributed by atoms with van der Waals surface area (Å²) in [6.07, 6.45) is 1.03. The quantitative estimate of drug-likeness (QED) is 0.401. The molecule has 0 aliphatic heterocycles. The third-order valence-corrected chi connectivity index (χ3v) is 5.99. The maximum Gasteiger partial charge on any atom is 0.275 e. The van der Waals surface area contributed by atoms with Gasteiger partial charge in [0, 0.05) is 24.3 Å². The van der Waals surface area contributed by atoms with Gasteiger partial charge in [0.05, 0.1) is 6.61 Å². The Morgan fingerprint density at radius 2 is 1.82 bits per heavy atom. The van der Waals surface area contributed by atoms with Crippen molar-refractivity contribution in [3.8, 4) is 5.75 Å². The van der Waals surface area contributed by atoms with Gasteiger partial charge in [0.1, 0.15) is 17.3 Å². The number of hydrogen-bond acceptors (Lipinski definition) is 5. The zero-order valence-corrected chi connectivity index (χ0v) is 19.7. The third kappa shape index (κ3) is 5.66. The minimum Gasteiger partial charge on any atom is -0.502 e. The van der Waals surface area contributed by atoms with Crippen LogP contribution in [0, 0.1) is 11.6 Å². The lowest BCUT2D eigenvalue weighted by molar-refractivity contribution is 0.0740. The Morgan fingerprint density at radius 1 is 1.15 bits per heavy atom. The number of nitrogens with zero attached hydrogens (tertiary/aromatic N) is 2. The number of hydrogen-bond donors (Lipinski definition) is 3. The monoisotopic (exact) mass is 489 g/mol. The lowest BCUT2D eigenvalue weighted by Crippen LogP contribution is -2.35. The fraction of sp³-hybridized carbons (Fsp3) is 0.292. The molecule has 34 heavy (non-hydrogen) atoms. The number of benzene rings is 2.